The number of rotatable bonds is 5. The summed E-state index contributed by atoms with van der Waals surface area (Å²) in [6.45, 7) is 6.78. The molecular weight excluding hydrogens is 282 g/mol. The van der Waals surface area contributed by atoms with Crippen LogP contribution in [0.25, 0.3) is 0 Å². The van der Waals surface area contributed by atoms with Gasteiger partial charge in [0.15, 0.2) is 0 Å². The summed E-state index contributed by atoms with van der Waals surface area (Å²) < 4.78 is 5.73. The van der Waals surface area contributed by atoms with Gasteiger partial charge in [0.25, 0.3) is 0 Å². The molecule has 0 fully saturated rings. The maximum Gasteiger partial charge on any atom is 0.123 e. The van der Waals surface area contributed by atoms with E-state index in [1.807, 2.05) is 39.0 Å². The molecule has 1 aliphatic rings. The Morgan fingerprint density at radius 1 is 1.23 bits per heavy atom. The van der Waals surface area contributed by atoms with Gasteiger partial charge < -0.3 is 25.4 Å². The topological polar surface area (TPSA) is 82.0 Å². The van der Waals surface area contributed by atoms with Crippen LogP contribution in [0.15, 0.2) is 18.2 Å². The Morgan fingerprint density at radius 2 is 1.91 bits per heavy atom. The van der Waals surface area contributed by atoms with Gasteiger partial charge in [0, 0.05) is 30.5 Å². The molecule has 5 nitrogen and oxygen atoms in total. The number of fused-ring (bicyclic) bond motifs is 1. The van der Waals surface area contributed by atoms with E-state index >= 15 is 0 Å². The largest absolute Gasteiger partial charge is 0.491 e. The lowest BCUT2D eigenvalue weighted by Crippen LogP contribution is -2.42. The molecule has 4 N–H and O–H groups in total. The zero-order valence-corrected chi connectivity index (χ0v) is 13.5. The Kier molecular flexibility index (Phi) is 5.45. The van der Waals surface area contributed by atoms with Gasteiger partial charge in [0.05, 0.1) is 12.2 Å². The molecule has 1 aromatic carbocycles. The molecule has 0 heterocycles. The number of aliphatic hydroxyl groups is 3. The van der Waals surface area contributed by atoms with E-state index in [1.165, 1.54) is 0 Å². The average Bonchev–Trinajstić information content (AvgIpc) is 2.43. The van der Waals surface area contributed by atoms with Crippen LogP contribution in [-0.4, -0.2) is 52.3 Å². The zero-order chi connectivity index (χ0) is 16.3. The van der Waals surface area contributed by atoms with Gasteiger partial charge in [-0.05, 0) is 32.4 Å². The summed E-state index contributed by atoms with van der Waals surface area (Å²) in [5, 5.41) is 32.8. The molecule has 0 aromatic heterocycles. The van der Waals surface area contributed by atoms with Crippen molar-refractivity contribution in [1.29, 1.82) is 0 Å². The van der Waals surface area contributed by atoms with Crippen LogP contribution in [0.5, 0.6) is 5.75 Å². The van der Waals surface area contributed by atoms with Gasteiger partial charge in [-0.2, -0.15) is 0 Å². The Hall–Kier alpha value is -1.14. The second-order valence-electron chi connectivity index (χ2n) is 7.03. The molecular formula is C17H27NO4. The molecule has 22 heavy (non-hydrogen) atoms. The zero-order valence-electron chi connectivity index (χ0n) is 13.5. The second-order valence-corrected chi connectivity index (χ2v) is 7.03. The van der Waals surface area contributed by atoms with E-state index < -0.39 is 18.3 Å². The molecule has 1 aliphatic carbocycles. The van der Waals surface area contributed by atoms with Crippen molar-refractivity contribution in [3.63, 3.8) is 0 Å². The molecule has 0 spiro atoms. The number of aliphatic hydroxyl groups excluding tert-OH is 3. The van der Waals surface area contributed by atoms with E-state index in [2.05, 4.69) is 5.32 Å². The predicted molar refractivity (Wildman–Crippen MR) is 85.1 cm³/mol. The van der Waals surface area contributed by atoms with Gasteiger partial charge >= 0.3 is 0 Å². The number of hydrogen-bond donors (Lipinski definition) is 4. The van der Waals surface area contributed by atoms with E-state index in [0.29, 0.717) is 25.1 Å². The van der Waals surface area contributed by atoms with Gasteiger partial charge in [-0.3, -0.25) is 0 Å². The molecule has 3 atom stereocenters. The predicted octanol–water partition coefficient (Wildman–Crippen LogP) is 0.635. The molecule has 0 radical (unpaired) electrons. The van der Waals surface area contributed by atoms with Gasteiger partial charge in [0.2, 0.25) is 0 Å². The molecule has 2 rings (SSSR count). The Labute approximate surface area is 131 Å². The summed E-state index contributed by atoms with van der Waals surface area (Å²) in [6, 6.07) is 5.65. The lowest BCUT2D eigenvalue weighted by Gasteiger charge is -2.28. The fourth-order valence-electron chi connectivity index (χ4n) is 2.54. The lowest BCUT2D eigenvalue weighted by atomic mass is 9.87. The highest BCUT2D eigenvalue weighted by Crippen LogP contribution is 2.30. The number of hydrogen-bond acceptors (Lipinski definition) is 5. The third kappa shape index (κ3) is 4.68. The van der Waals surface area contributed by atoms with Crippen LogP contribution in [-0.2, 0) is 12.8 Å². The minimum atomic E-state index is -0.760. The number of nitrogens with one attached hydrogen (secondary N) is 1. The molecule has 0 saturated carbocycles. The molecule has 1 aromatic rings. The summed E-state index contributed by atoms with van der Waals surface area (Å²) >= 11 is 0. The summed E-state index contributed by atoms with van der Waals surface area (Å²) in [4.78, 5) is 0. The first-order chi connectivity index (χ1) is 10.3. The maximum absolute atomic E-state index is 10.00. The third-order valence-electron chi connectivity index (χ3n) is 3.82. The van der Waals surface area contributed by atoms with Crippen LogP contribution in [0.4, 0.5) is 0 Å². The highest BCUT2D eigenvalue weighted by Gasteiger charge is 2.27. The Morgan fingerprint density at radius 3 is 2.59 bits per heavy atom. The fourth-order valence-corrected chi connectivity index (χ4v) is 2.54. The SMILES string of the molecule is CC(C)(C)NC[C@H](O)COc1cccc2c1C[C@H](O)[C@@H](O)C2. The summed E-state index contributed by atoms with van der Waals surface area (Å²) in [5.74, 6) is 0.679. The monoisotopic (exact) mass is 309 g/mol. The van der Waals surface area contributed by atoms with Crippen LogP contribution < -0.4 is 10.1 Å². The molecule has 0 amide bonds. The summed E-state index contributed by atoms with van der Waals surface area (Å²) in [7, 11) is 0. The normalized spacial score (nSPS) is 23.0. The first-order valence-electron chi connectivity index (χ1n) is 7.79. The van der Waals surface area contributed by atoms with Crippen molar-refractivity contribution in [2.24, 2.45) is 0 Å². The van der Waals surface area contributed by atoms with E-state index in [4.69, 9.17) is 4.74 Å². The number of ether oxygens (including phenoxy) is 1. The summed E-state index contributed by atoms with van der Waals surface area (Å²) in [6.07, 6.45) is -1.27. The van der Waals surface area contributed by atoms with Crippen LogP contribution >= 0.6 is 0 Å². The van der Waals surface area contributed by atoms with E-state index in [-0.39, 0.29) is 12.1 Å². The lowest BCUT2D eigenvalue weighted by molar-refractivity contribution is 0.0132. The van der Waals surface area contributed by atoms with Crippen molar-refractivity contribution in [1.82, 2.24) is 5.32 Å². The quantitative estimate of drug-likeness (QED) is 0.641. The van der Waals surface area contributed by atoms with Crippen molar-refractivity contribution in [2.75, 3.05) is 13.2 Å². The van der Waals surface area contributed by atoms with Gasteiger partial charge in [-0.15, -0.1) is 0 Å². The van der Waals surface area contributed by atoms with Crippen LogP contribution in [0, 0.1) is 0 Å². The Bertz CT molecular complexity index is 498. The molecule has 0 saturated heterocycles. The van der Waals surface area contributed by atoms with Crippen molar-refractivity contribution >= 4 is 0 Å². The van der Waals surface area contributed by atoms with Crippen molar-refractivity contribution in [2.45, 2.75) is 57.5 Å². The smallest absolute Gasteiger partial charge is 0.123 e. The minimum Gasteiger partial charge on any atom is -0.491 e. The molecule has 124 valence electrons. The van der Waals surface area contributed by atoms with E-state index in [0.717, 1.165) is 11.1 Å². The number of benzene rings is 1. The molecule has 5 heteroatoms. The standard InChI is InChI=1S/C17H27NO4/c1-17(2,3)18-9-12(19)10-22-16-6-4-5-11-7-14(20)15(21)8-13(11)16/h4-6,12,14-15,18-21H,7-10H2,1-3H3/t12-,14-,15-/m0/s1. The fraction of sp³-hybridized carbons (Fsp3) is 0.647. The first-order valence-corrected chi connectivity index (χ1v) is 7.79. The minimum absolute atomic E-state index is 0.0485. The van der Waals surface area contributed by atoms with Gasteiger partial charge in [-0.1, -0.05) is 12.1 Å². The van der Waals surface area contributed by atoms with Gasteiger partial charge in [-0.25, -0.2) is 0 Å². The highest BCUT2D eigenvalue weighted by molar-refractivity contribution is 5.43. The van der Waals surface area contributed by atoms with Crippen molar-refractivity contribution in [3.8, 4) is 5.75 Å². The van der Waals surface area contributed by atoms with Crippen LogP contribution in [0.1, 0.15) is 31.9 Å². The van der Waals surface area contributed by atoms with E-state index in [1.54, 1.807) is 0 Å². The number of β-amino-alcohol motifs (C(OH)–C–C–N with tert-alkyl or cyclic N) is 1. The van der Waals surface area contributed by atoms with Gasteiger partial charge in [0.1, 0.15) is 18.5 Å². The second kappa shape index (κ2) is 6.96. The third-order valence-corrected chi connectivity index (χ3v) is 3.82. The first kappa shape index (κ1) is 17.2. The highest BCUT2D eigenvalue weighted by atomic mass is 16.5. The van der Waals surface area contributed by atoms with Crippen LogP contribution in [0.2, 0.25) is 0 Å². The molecule has 0 unspecified atom stereocenters. The maximum atomic E-state index is 10.00. The Balaban J connectivity index is 1.95. The van der Waals surface area contributed by atoms with Crippen LogP contribution in [0.3, 0.4) is 0 Å². The van der Waals surface area contributed by atoms with Crippen molar-refractivity contribution < 1.29 is 20.1 Å². The average molecular weight is 309 g/mol. The molecule has 0 bridgehead atoms. The molecule has 0 aliphatic heterocycles. The van der Waals surface area contributed by atoms with Crippen molar-refractivity contribution in [3.05, 3.63) is 29.3 Å². The summed E-state index contributed by atoms with van der Waals surface area (Å²) in [5.41, 5.74) is 1.88. The van der Waals surface area contributed by atoms with E-state index in [9.17, 15) is 15.3 Å².